The summed E-state index contributed by atoms with van der Waals surface area (Å²) < 4.78 is 39.2. The molecule has 0 spiro atoms. The highest BCUT2D eigenvalue weighted by Crippen LogP contribution is 2.32. The number of hydrogen-bond donors (Lipinski definition) is 1. The third-order valence-corrected chi connectivity index (χ3v) is 3.20. The van der Waals surface area contributed by atoms with E-state index in [4.69, 9.17) is 0 Å². The lowest BCUT2D eigenvalue weighted by Crippen LogP contribution is -2.10. The number of halogens is 3. The van der Waals surface area contributed by atoms with E-state index in [1.807, 2.05) is 13.8 Å². The van der Waals surface area contributed by atoms with E-state index in [2.05, 4.69) is 0 Å². The van der Waals surface area contributed by atoms with Crippen molar-refractivity contribution in [1.29, 1.82) is 0 Å². The van der Waals surface area contributed by atoms with E-state index in [9.17, 15) is 23.1 Å². The second-order valence-electron chi connectivity index (χ2n) is 4.96. The van der Waals surface area contributed by atoms with Crippen LogP contribution in [-0.4, -0.2) is 15.6 Å². The Bertz CT molecular complexity index is 655. The van der Waals surface area contributed by atoms with Gasteiger partial charge in [0.25, 0.3) is 0 Å². The Morgan fingerprint density at radius 3 is 2.14 bits per heavy atom. The maximum atomic E-state index is 12.5. The molecule has 21 heavy (non-hydrogen) atoms. The van der Waals surface area contributed by atoms with E-state index >= 15 is 0 Å². The molecule has 1 N–H and O–H groups in total. The van der Waals surface area contributed by atoms with Crippen LogP contribution in [0.15, 0.2) is 36.5 Å². The Morgan fingerprint density at radius 1 is 1.14 bits per heavy atom. The molecule has 0 unspecified atom stereocenters. The molecule has 1 aromatic carbocycles. The van der Waals surface area contributed by atoms with E-state index in [-0.39, 0.29) is 11.7 Å². The van der Waals surface area contributed by atoms with Gasteiger partial charge in [0.15, 0.2) is 0 Å². The Hall–Kier alpha value is -2.24. The van der Waals surface area contributed by atoms with Crippen molar-refractivity contribution in [2.45, 2.75) is 26.1 Å². The zero-order valence-corrected chi connectivity index (χ0v) is 11.5. The molecule has 0 aliphatic heterocycles. The number of rotatable bonds is 3. The first kappa shape index (κ1) is 15.2. The zero-order valence-electron chi connectivity index (χ0n) is 11.5. The Balaban J connectivity index is 2.50. The van der Waals surface area contributed by atoms with Crippen LogP contribution in [0.5, 0.6) is 0 Å². The van der Waals surface area contributed by atoms with Crippen molar-refractivity contribution in [3.8, 4) is 11.1 Å². The SMILES string of the molecule is CC(C)n1ccc(-c2ccc(C(F)(F)F)cc2)c1C(=O)O. The number of hydrogen-bond acceptors (Lipinski definition) is 1. The van der Waals surface area contributed by atoms with Gasteiger partial charge in [-0.25, -0.2) is 4.79 Å². The molecule has 2 rings (SSSR count). The first-order chi connectivity index (χ1) is 9.71. The molecule has 0 bridgehead atoms. The lowest BCUT2D eigenvalue weighted by molar-refractivity contribution is -0.137. The highest BCUT2D eigenvalue weighted by molar-refractivity contribution is 5.94. The maximum absolute atomic E-state index is 12.5. The van der Waals surface area contributed by atoms with Crippen molar-refractivity contribution < 1.29 is 23.1 Å². The van der Waals surface area contributed by atoms with Gasteiger partial charge in [-0.05, 0) is 37.6 Å². The van der Waals surface area contributed by atoms with Gasteiger partial charge in [0.05, 0.1) is 5.56 Å². The van der Waals surface area contributed by atoms with Crippen LogP contribution >= 0.6 is 0 Å². The molecule has 0 saturated heterocycles. The summed E-state index contributed by atoms with van der Waals surface area (Å²) in [5.74, 6) is -1.11. The molecule has 0 aliphatic carbocycles. The first-order valence-corrected chi connectivity index (χ1v) is 6.33. The maximum Gasteiger partial charge on any atom is 0.416 e. The van der Waals surface area contributed by atoms with Crippen molar-refractivity contribution >= 4 is 5.97 Å². The van der Waals surface area contributed by atoms with Crippen LogP contribution in [0.1, 0.15) is 35.9 Å². The normalized spacial score (nSPS) is 11.9. The summed E-state index contributed by atoms with van der Waals surface area (Å²) in [6.45, 7) is 3.67. The van der Waals surface area contributed by atoms with E-state index in [0.717, 1.165) is 12.1 Å². The fourth-order valence-corrected chi connectivity index (χ4v) is 2.18. The van der Waals surface area contributed by atoms with E-state index in [1.54, 1.807) is 16.8 Å². The van der Waals surface area contributed by atoms with Crippen LogP contribution < -0.4 is 0 Å². The summed E-state index contributed by atoms with van der Waals surface area (Å²) in [7, 11) is 0. The van der Waals surface area contributed by atoms with E-state index < -0.39 is 17.7 Å². The van der Waals surface area contributed by atoms with Gasteiger partial charge in [0.1, 0.15) is 5.69 Å². The standard InChI is InChI=1S/C15H14F3NO2/c1-9(2)19-8-7-12(13(19)14(20)21)10-3-5-11(6-4-10)15(16,17)18/h3-9H,1-2H3,(H,20,21). The summed E-state index contributed by atoms with van der Waals surface area (Å²) in [5.41, 5.74) is 0.168. The summed E-state index contributed by atoms with van der Waals surface area (Å²) in [6.07, 6.45) is -2.78. The minimum Gasteiger partial charge on any atom is -0.477 e. The molecule has 0 aliphatic rings. The summed E-state index contributed by atoms with van der Waals surface area (Å²) in [6, 6.07) is 6.03. The van der Waals surface area contributed by atoms with Crippen LogP contribution in [0.4, 0.5) is 13.2 Å². The van der Waals surface area contributed by atoms with Gasteiger partial charge in [0, 0.05) is 17.8 Å². The molecule has 0 radical (unpaired) electrons. The lowest BCUT2D eigenvalue weighted by Gasteiger charge is -2.12. The number of aromatic nitrogens is 1. The minimum absolute atomic E-state index is 0.0562. The Morgan fingerprint density at radius 2 is 1.71 bits per heavy atom. The van der Waals surface area contributed by atoms with Crippen molar-refractivity contribution in [3.63, 3.8) is 0 Å². The van der Waals surface area contributed by atoms with Gasteiger partial charge in [-0.2, -0.15) is 13.2 Å². The minimum atomic E-state index is -4.40. The topological polar surface area (TPSA) is 42.2 Å². The molecule has 0 saturated carbocycles. The highest BCUT2D eigenvalue weighted by Gasteiger charge is 2.30. The van der Waals surface area contributed by atoms with E-state index in [0.29, 0.717) is 11.1 Å². The molecule has 6 heteroatoms. The van der Waals surface area contributed by atoms with Crippen molar-refractivity contribution in [2.24, 2.45) is 0 Å². The molecule has 2 aromatic rings. The van der Waals surface area contributed by atoms with Crippen LogP contribution in [0, 0.1) is 0 Å². The second-order valence-corrected chi connectivity index (χ2v) is 4.96. The molecule has 0 fully saturated rings. The largest absolute Gasteiger partial charge is 0.477 e. The second kappa shape index (κ2) is 5.27. The number of aromatic carboxylic acids is 1. The number of benzene rings is 1. The predicted molar refractivity (Wildman–Crippen MR) is 72.2 cm³/mol. The Kier molecular flexibility index (Phi) is 3.80. The number of nitrogens with zero attached hydrogens (tertiary/aromatic N) is 1. The van der Waals surface area contributed by atoms with Crippen molar-refractivity contribution in [1.82, 2.24) is 4.57 Å². The van der Waals surface area contributed by atoms with Gasteiger partial charge in [-0.3, -0.25) is 0 Å². The van der Waals surface area contributed by atoms with E-state index in [1.165, 1.54) is 12.1 Å². The van der Waals surface area contributed by atoms with Crippen molar-refractivity contribution in [2.75, 3.05) is 0 Å². The molecule has 0 amide bonds. The van der Waals surface area contributed by atoms with Crippen LogP contribution in [0.25, 0.3) is 11.1 Å². The lowest BCUT2D eigenvalue weighted by atomic mass is 10.0. The molecule has 112 valence electrons. The molecule has 1 heterocycles. The molecular formula is C15H14F3NO2. The highest BCUT2D eigenvalue weighted by atomic mass is 19.4. The molecule has 1 aromatic heterocycles. The summed E-state index contributed by atoms with van der Waals surface area (Å²) >= 11 is 0. The number of carboxylic acids is 1. The molecule has 0 atom stereocenters. The average Bonchev–Trinajstić information content (AvgIpc) is 2.82. The fraction of sp³-hybridized carbons (Fsp3) is 0.267. The molecular weight excluding hydrogens is 283 g/mol. The smallest absolute Gasteiger partial charge is 0.416 e. The predicted octanol–water partition coefficient (Wildman–Crippen LogP) is 4.45. The average molecular weight is 297 g/mol. The number of carboxylic acid groups (broad SMARTS) is 1. The quantitative estimate of drug-likeness (QED) is 0.909. The van der Waals surface area contributed by atoms with Gasteiger partial charge in [0.2, 0.25) is 0 Å². The summed E-state index contributed by atoms with van der Waals surface area (Å²) in [5, 5.41) is 9.33. The number of carbonyl (C=O) groups is 1. The Labute approximate surface area is 119 Å². The van der Waals surface area contributed by atoms with Gasteiger partial charge in [-0.1, -0.05) is 12.1 Å². The van der Waals surface area contributed by atoms with Crippen LogP contribution in [0.2, 0.25) is 0 Å². The van der Waals surface area contributed by atoms with Gasteiger partial charge in [-0.15, -0.1) is 0 Å². The van der Waals surface area contributed by atoms with Gasteiger partial charge >= 0.3 is 12.1 Å². The fourth-order valence-electron chi connectivity index (χ4n) is 2.18. The van der Waals surface area contributed by atoms with Gasteiger partial charge < -0.3 is 9.67 Å². The number of alkyl halides is 3. The monoisotopic (exact) mass is 297 g/mol. The first-order valence-electron chi connectivity index (χ1n) is 6.33. The summed E-state index contributed by atoms with van der Waals surface area (Å²) in [4.78, 5) is 11.4. The third-order valence-electron chi connectivity index (χ3n) is 3.20. The van der Waals surface area contributed by atoms with Crippen LogP contribution in [0.3, 0.4) is 0 Å². The zero-order chi connectivity index (χ0) is 15.8. The molecule has 3 nitrogen and oxygen atoms in total. The van der Waals surface area contributed by atoms with Crippen LogP contribution in [-0.2, 0) is 6.18 Å². The van der Waals surface area contributed by atoms with Crippen molar-refractivity contribution in [3.05, 3.63) is 47.8 Å². The third kappa shape index (κ3) is 2.94.